The lowest BCUT2D eigenvalue weighted by Crippen LogP contribution is -2.21. The van der Waals surface area contributed by atoms with E-state index in [1.165, 1.54) is 0 Å². The molecule has 0 aliphatic rings. The van der Waals surface area contributed by atoms with Crippen LogP contribution >= 0.6 is 0 Å². The topological polar surface area (TPSA) is 79.2 Å². The van der Waals surface area contributed by atoms with Crippen molar-refractivity contribution in [2.45, 2.75) is 26.9 Å². The predicted molar refractivity (Wildman–Crippen MR) is 125 cm³/mol. The first-order valence-electron chi connectivity index (χ1n) is 10.4. The van der Waals surface area contributed by atoms with E-state index in [1.807, 2.05) is 72.8 Å². The number of aliphatic hydroxyl groups excluding tert-OH is 1. The fourth-order valence-corrected chi connectivity index (χ4v) is 3.62. The van der Waals surface area contributed by atoms with Crippen molar-refractivity contribution < 1.29 is 9.90 Å². The summed E-state index contributed by atoms with van der Waals surface area (Å²) in [5, 5.41) is 22.1. The molecule has 31 heavy (non-hydrogen) atoms. The standard InChI is InChI=1S/C25H26N4O2/c1-17(2)13-20-15-24(29(28-20)21-10-5-7-18(14-21)16-30)27-25(31)26-23-12-6-9-19-8-3-4-11-22(19)23/h3-12,14-15,17,30H,13,16H2,1-2H3,(H2,26,27,31). The molecule has 1 heterocycles. The fraction of sp³-hybridized carbons (Fsp3) is 0.200. The van der Waals surface area contributed by atoms with Crippen LogP contribution in [0.25, 0.3) is 16.5 Å². The molecule has 0 bridgehead atoms. The van der Waals surface area contributed by atoms with Crippen LogP contribution in [0, 0.1) is 5.92 Å². The third-order valence-corrected chi connectivity index (χ3v) is 4.99. The Hall–Kier alpha value is -3.64. The van der Waals surface area contributed by atoms with E-state index in [0.717, 1.165) is 39.8 Å². The van der Waals surface area contributed by atoms with Crippen LogP contribution < -0.4 is 10.6 Å². The zero-order valence-electron chi connectivity index (χ0n) is 17.7. The van der Waals surface area contributed by atoms with Crippen LogP contribution in [0.4, 0.5) is 16.3 Å². The maximum absolute atomic E-state index is 12.9. The molecule has 0 unspecified atom stereocenters. The summed E-state index contributed by atoms with van der Waals surface area (Å²) in [6.45, 7) is 4.20. The maximum Gasteiger partial charge on any atom is 0.324 e. The predicted octanol–water partition coefficient (Wildman–Crippen LogP) is 5.36. The highest BCUT2D eigenvalue weighted by Gasteiger charge is 2.14. The Morgan fingerprint density at radius 2 is 1.77 bits per heavy atom. The number of benzene rings is 3. The van der Waals surface area contributed by atoms with Crippen molar-refractivity contribution in [1.82, 2.24) is 9.78 Å². The first-order chi connectivity index (χ1) is 15.0. The number of carbonyl (C=O) groups excluding carboxylic acids is 1. The van der Waals surface area contributed by atoms with Crippen LogP contribution in [0.5, 0.6) is 0 Å². The molecule has 0 fully saturated rings. The number of nitrogens with one attached hydrogen (secondary N) is 2. The number of nitrogens with zero attached hydrogens (tertiary/aromatic N) is 2. The number of urea groups is 1. The molecule has 2 amide bonds. The molecule has 3 N–H and O–H groups in total. The SMILES string of the molecule is CC(C)Cc1cc(NC(=O)Nc2cccc3ccccc23)n(-c2cccc(CO)c2)n1. The van der Waals surface area contributed by atoms with Gasteiger partial charge in [-0.25, -0.2) is 9.48 Å². The van der Waals surface area contributed by atoms with Crippen molar-refractivity contribution in [2.24, 2.45) is 5.92 Å². The fourth-order valence-electron chi connectivity index (χ4n) is 3.62. The van der Waals surface area contributed by atoms with Gasteiger partial charge in [-0.15, -0.1) is 0 Å². The number of hydrogen-bond donors (Lipinski definition) is 3. The Kier molecular flexibility index (Phi) is 6.00. The van der Waals surface area contributed by atoms with Crippen molar-refractivity contribution >= 4 is 28.3 Å². The third kappa shape index (κ3) is 4.75. The Bertz CT molecular complexity index is 1210. The zero-order chi connectivity index (χ0) is 21.8. The van der Waals surface area contributed by atoms with Crippen LogP contribution in [0.3, 0.4) is 0 Å². The Balaban J connectivity index is 1.63. The minimum Gasteiger partial charge on any atom is -0.392 e. The minimum absolute atomic E-state index is 0.0573. The largest absolute Gasteiger partial charge is 0.392 e. The van der Waals surface area contributed by atoms with Crippen LogP contribution in [0.15, 0.2) is 72.8 Å². The van der Waals surface area contributed by atoms with Gasteiger partial charge in [-0.3, -0.25) is 5.32 Å². The van der Waals surface area contributed by atoms with Gasteiger partial charge in [-0.05, 0) is 41.5 Å². The Morgan fingerprint density at radius 1 is 1.00 bits per heavy atom. The first kappa shape index (κ1) is 20.6. The van der Waals surface area contributed by atoms with Gasteiger partial charge in [0.25, 0.3) is 0 Å². The third-order valence-electron chi connectivity index (χ3n) is 4.99. The molecule has 6 heteroatoms. The van der Waals surface area contributed by atoms with Gasteiger partial charge in [0.1, 0.15) is 5.82 Å². The molecular formula is C25H26N4O2. The summed E-state index contributed by atoms with van der Waals surface area (Å²) in [6.07, 6.45) is 0.798. The number of aliphatic hydroxyl groups is 1. The summed E-state index contributed by atoms with van der Waals surface area (Å²) in [5.74, 6) is 1.01. The average Bonchev–Trinajstić information content (AvgIpc) is 3.15. The van der Waals surface area contributed by atoms with Crippen molar-refractivity contribution in [2.75, 3.05) is 10.6 Å². The van der Waals surface area contributed by atoms with Gasteiger partial charge in [0.15, 0.2) is 0 Å². The molecule has 0 aliphatic carbocycles. The van der Waals surface area contributed by atoms with E-state index >= 15 is 0 Å². The number of anilines is 2. The molecular weight excluding hydrogens is 388 g/mol. The average molecular weight is 415 g/mol. The second-order valence-electron chi connectivity index (χ2n) is 7.96. The van der Waals surface area contributed by atoms with Gasteiger partial charge in [0, 0.05) is 11.5 Å². The highest BCUT2D eigenvalue weighted by molar-refractivity contribution is 6.06. The highest BCUT2D eigenvalue weighted by atomic mass is 16.3. The van der Waals surface area contributed by atoms with Gasteiger partial charge in [-0.2, -0.15) is 5.10 Å². The van der Waals surface area contributed by atoms with E-state index < -0.39 is 0 Å². The number of rotatable bonds is 6. The van der Waals surface area contributed by atoms with Gasteiger partial charge >= 0.3 is 6.03 Å². The lowest BCUT2D eigenvalue weighted by molar-refractivity contribution is 0.262. The molecule has 1 aromatic heterocycles. The zero-order valence-corrected chi connectivity index (χ0v) is 17.7. The van der Waals surface area contributed by atoms with Gasteiger partial charge in [0.2, 0.25) is 0 Å². The van der Waals surface area contributed by atoms with E-state index in [9.17, 15) is 9.90 Å². The molecule has 0 spiro atoms. The van der Waals surface area contributed by atoms with Crippen LogP contribution in [-0.2, 0) is 13.0 Å². The summed E-state index contributed by atoms with van der Waals surface area (Å²) in [7, 11) is 0. The number of hydrogen-bond acceptors (Lipinski definition) is 3. The number of fused-ring (bicyclic) bond motifs is 1. The molecule has 0 radical (unpaired) electrons. The second kappa shape index (κ2) is 9.02. The van der Waals surface area contributed by atoms with Gasteiger partial charge in [-0.1, -0.05) is 62.4 Å². The van der Waals surface area contributed by atoms with E-state index in [0.29, 0.717) is 11.7 Å². The van der Waals surface area contributed by atoms with E-state index in [-0.39, 0.29) is 12.6 Å². The first-order valence-corrected chi connectivity index (χ1v) is 10.4. The summed E-state index contributed by atoms with van der Waals surface area (Å²) in [4.78, 5) is 12.9. The van der Waals surface area contributed by atoms with Gasteiger partial charge in [0.05, 0.1) is 23.7 Å². The van der Waals surface area contributed by atoms with Gasteiger partial charge < -0.3 is 10.4 Å². The normalized spacial score (nSPS) is 11.1. The molecule has 0 saturated heterocycles. The van der Waals surface area contributed by atoms with Crippen LogP contribution in [0.2, 0.25) is 0 Å². The molecule has 0 atom stereocenters. The maximum atomic E-state index is 12.9. The Morgan fingerprint density at radius 3 is 2.58 bits per heavy atom. The van der Waals surface area contributed by atoms with Crippen molar-refractivity contribution in [1.29, 1.82) is 0 Å². The second-order valence-corrected chi connectivity index (χ2v) is 7.96. The number of carbonyl (C=O) groups is 1. The van der Waals surface area contributed by atoms with Crippen LogP contribution in [-0.4, -0.2) is 20.9 Å². The lowest BCUT2D eigenvalue weighted by Gasteiger charge is -2.12. The smallest absolute Gasteiger partial charge is 0.324 e. The van der Waals surface area contributed by atoms with Crippen molar-refractivity contribution in [3.63, 3.8) is 0 Å². The molecule has 3 aromatic carbocycles. The Labute approximate surface area is 181 Å². The summed E-state index contributed by atoms with van der Waals surface area (Å²) in [5.41, 5.74) is 3.20. The van der Waals surface area contributed by atoms with Crippen LogP contribution in [0.1, 0.15) is 25.1 Å². The minimum atomic E-state index is -0.341. The summed E-state index contributed by atoms with van der Waals surface area (Å²) >= 11 is 0. The van der Waals surface area contributed by atoms with E-state index in [4.69, 9.17) is 5.10 Å². The molecule has 0 saturated carbocycles. The highest BCUT2D eigenvalue weighted by Crippen LogP contribution is 2.24. The summed E-state index contributed by atoms with van der Waals surface area (Å²) < 4.78 is 1.71. The summed E-state index contributed by atoms with van der Waals surface area (Å²) in [6, 6.07) is 22.8. The van der Waals surface area contributed by atoms with Crippen molar-refractivity contribution in [3.8, 4) is 5.69 Å². The molecule has 6 nitrogen and oxygen atoms in total. The van der Waals surface area contributed by atoms with E-state index in [1.54, 1.807) is 4.68 Å². The van der Waals surface area contributed by atoms with E-state index in [2.05, 4.69) is 24.5 Å². The molecule has 4 aromatic rings. The number of aromatic nitrogens is 2. The number of amides is 2. The lowest BCUT2D eigenvalue weighted by atomic mass is 10.1. The van der Waals surface area contributed by atoms with Crippen molar-refractivity contribution in [3.05, 3.63) is 84.1 Å². The monoisotopic (exact) mass is 414 g/mol. The molecule has 4 rings (SSSR count). The quantitative estimate of drug-likeness (QED) is 0.397. The molecule has 158 valence electrons. The molecule has 0 aliphatic heterocycles.